The molecule has 0 aromatic heterocycles. The van der Waals surface area contributed by atoms with Crippen LogP contribution in [0.2, 0.25) is 0 Å². The Morgan fingerprint density at radius 3 is 2.72 bits per heavy atom. The van der Waals surface area contributed by atoms with Gasteiger partial charge in [-0.25, -0.2) is 0 Å². The zero-order valence-electron chi connectivity index (χ0n) is 11.0. The van der Waals surface area contributed by atoms with Gasteiger partial charge in [-0.05, 0) is 49.4 Å². The number of fused-ring (bicyclic) bond motifs is 1. The van der Waals surface area contributed by atoms with E-state index in [0.29, 0.717) is 6.04 Å². The van der Waals surface area contributed by atoms with E-state index in [2.05, 4.69) is 61.6 Å². The van der Waals surface area contributed by atoms with Crippen LogP contribution in [0.3, 0.4) is 0 Å². The minimum Gasteiger partial charge on any atom is -0.378 e. The van der Waals surface area contributed by atoms with E-state index in [9.17, 15) is 0 Å². The summed E-state index contributed by atoms with van der Waals surface area (Å²) in [4.78, 5) is 0. The molecule has 1 N–H and O–H groups in total. The maximum atomic E-state index is 3.67. The Morgan fingerprint density at radius 1 is 1.06 bits per heavy atom. The van der Waals surface area contributed by atoms with Crippen molar-refractivity contribution in [2.24, 2.45) is 0 Å². The smallest absolute Gasteiger partial charge is 0.0519 e. The minimum absolute atomic E-state index is 0.459. The molecule has 0 saturated heterocycles. The Bertz CT molecular complexity index is 572. The molecule has 0 amide bonds. The highest BCUT2D eigenvalue weighted by Gasteiger charge is 2.19. The molecule has 2 aromatic rings. The molecule has 18 heavy (non-hydrogen) atoms. The van der Waals surface area contributed by atoms with Crippen molar-refractivity contribution in [1.82, 2.24) is 0 Å². The van der Waals surface area contributed by atoms with Gasteiger partial charge in [0.05, 0.1) is 6.04 Å². The Kier molecular flexibility index (Phi) is 2.83. The van der Waals surface area contributed by atoms with Crippen molar-refractivity contribution < 1.29 is 0 Å². The number of anilines is 1. The van der Waals surface area contributed by atoms with Crippen LogP contribution >= 0.6 is 0 Å². The molecule has 1 heterocycles. The highest BCUT2D eigenvalue weighted by atomic mass is 14.9. The summed E-state index contributed by atoms with van der Waals surface area (Å²) in [5, 5.41) is 3.67. The van der Waals surface area contributed by atoms with Crippen LogP contribution < -0.4 is 5.32 Å². The van der Waals surface area contributed by atoms with Gasteiger partial charge in [-0.2, -0.15) is 0 Å². The van der Waals surface area contributed by atoms with Gasteiger partial charge in [0.2, 0.25) is 0 Å². The van der Waals surface area contributed by atoms with Crippen LogP contribution in [0.1, 0.15) is 34.7 Å². The van der Waals surface area contributed by atoms with Crippen LogP contribution in [-0.4, -0.2) is 0 Å². The highest BCUT2D eigenvalue weighted by Crippen LogP contribution is 2.33. The van der Waals surface area contributed by atoms with Gasteiger partial charge in [-0.15, -0.1) is 0 Å². The first-order valence-electron chi connectivity index (χ1n) is 6.65. The summed E-state index contributed by atoms with van der Waals surface area (Å²) < 4.78 is 0. The maximum Gasteiger partial charge on any atom is 0.0519 e. The van der Waals surface area contributed by atoms with E-state index in [0.717, 1.165) is 0 Å². The fourth-order valence-corrected chi connectivity index (χ4v) is 2.89. The van der Waals surface area contributed by atoms with Crippen LogP contribution in [0.25, 0.3) is 0 Å². The van der Waals surface area contributed by atoms with E-state index in [4.69, 9.17) is 0 Å². The zero-order chi connectivity index (χ0) is 12.5. The van der Waals surface area contributed by atoms with Gasteiger partial charge in [0, 0.05) is 5.69 Å². The second-order valence-corrected chi connectivity index (χ2v) is 5.25. The minimum atomic E-state index is 0.459. The molecule has 1 atom stereocenters. The van der Waals surface area contributed by atoms with Crippen molar-refractivity contribution in [1.29, 1.82) is 0 Å². The predicted octanol–water partition coefficient (Wildman–Crippen LogP) is 4.40. The Hall–Kier alpha value is -1.76. The summed E-state index contributed by atoms with van der Waals surface area (Å²) >= 11 is 0. The summed E-state index contributed by atoms with van der Waals surface area (Å²) in [6, 6.07) is 15.9. The summed E-state index contributed by atoms with van der Waals surface area (Å²) in [6.45, 7) is 4.37. The van der Waals surface area contributed by atoms with E-state index >= 15 is 0 Å². The lowest BCUT2D eigenvalue weighted by Gasteiger charge is -2.28. The van der Waals surface area contributed by atoms with Crippen LogP contribution in [0.4, 0.5) is 5.69 Å². The van der Waals surface area contributed by atoms with Crippen molar-refractivity contribution in [2.75, 3.05) is 5.32 Å². The van der Waals surface area contributed by atoms with Gasteiger partial charge in [0.1, 0.15) is 0 Å². The number of rotatable bonds is 1. The second-order valence-electron chi connectivity index (χ2n) is 5.25. The molecular formula is C17H19N. The first kappa shape index (κ1) is 11.3. The van der Waals surface area contributed by atoms with E-state index < -0.39 is 0 Å². The standard InChI is InChI=1S/C17H19N/c1-12-7-9-15(13(2)11-12)17-10-8-14-5-3-4-6-16(14)18-17/h3-7,9,11,17-18H,8,10H2,1-2H3. The van der Waals surface area contributed by atoms with Crippen molar-refractivity contribution in [2.45, 2.75) is 32.7 Å². The molecule has 0 radical (unpaired) electrons. The van der Waals surface area contributed by atoms with Gasteiger partial charge in [-0.3, -0.25) is 0 Å². The lowest BCUT2D eigenvalue weighted by atomic mass is 9.90. The van der Waals surface area contributed by atoms with Crippen molar-refractivity contribution in [3.8, 4) is 0 Å². The number of para-hydroxylation sites is 1. The lowest BCUT2D eigenvalue weighted by molar-refractivity contribution is 0.664. The van der Waals surface area contributed by atoms with E-state index in [1.54, 1.807) is 0 Å². The van der Waals surface area contributed by atoms with Crippen LogP contribution in [0, 0.1) is 13.8 Å². The van der Waals surface area contributed by atoms with E-state index in [-0.39, 0.29) is 0 Å². The second kappa shape index (κ2) is 4.49. The molecule has 2 aromatic carbocycles. The van der Waals surface area contributed by atoms with E-state index in [1.807, 2.05) is 0 Å². The van der Waals surface area contributed by atoms with Gasteiger partial charge in [0.15, 0.2) is 0 Å². The van der Waals surface area contributed by atoms with Crippen molar-refractivity contribution in [3.63, 3.8) is 0 Å². The maximum absolute atomic E-state index is 3.67. The third kappa shape index (κ3) is 2.01. The summed E-state index contributed by atoms with van der Waals surface area (Å²) in [5.74, 6) is 0. The van der Waals surface area contributed by atoms with Crippen LogP contribution in [-0.2, 0) is 6.42 Å². The fraction of sp³-hybridized carbons (Fsp3) is 0.294. The average Bonchev–Trinajstić information content (AvgIpc) is 2.38. The Labute approximate surface area is 109 Å². The number of hydrogen-bond donors (Lipinski definition) is 1. The molecular weight excluding hydrogens is 218 g/mol. The van der Waals surface area contributed by atoms with Crippen LogP contribution in [0.5, 0.6) is 0 Å². The van der Waals surface area contributed by atoms with Gasteiger partial charge in [-0.1, -0.05) is 42.0 Å². The monoisotopic (exact) mass is 237 g/mol. The summed E-state index contributed by atoms with van der Waals surface area (Å²) in [7, 11) is 0. The molecule has 0 fully saturated rings. The molecule has 92 valence electrons. The van der Waals surface area contributed by atoms with Crippen LogP contribution in [0.15, 0.2) is 42.5 Å². The predicted molar refractivity (Wildman–Crippen MR) is 77.0 cm³/mol. The average molecular weight is 237 g/mol. The quantitative estimate of drug-likeness (QED) is 0.775. The number of aryl methyl sites for hydroxylation is 3. The normalized spacial score (nSPS) is 18.0. The first-order valence-corrected chi connectivity index (χ1v) is 6.65. The zero-order valence-corrected chi connectivity index (χ0v) is 11.0. The summed E-state index contributed by atoms with van der Waals surface area (Å²) in [5.41, 5.74) is 6.92. The van der Waals surface area contributed by atoms with Gasteiger partial charge in [0.25, 0.3) is 0 Å². The molecule has 1 aliphatic rings. The highest BCUT2D eigenvalue weighted by molar-refractivity contribution is 5.55. The topological polar surface area (TPSA) is 12.0 Å². The Morgan fingerprint density at radius 2 is 1.89 bits per heavy atom. The third-order valence-electron chi connectivity index (χ3n) is 3.85. The first-order chi connectivity index (χ1) is 8.74. The molecule has 0 aliphatic carbocycles. The summed E-state index contributed by atoms with van der Waals surface area (Å²) in [6.07, 6.45) is 2.35. The molecule has 3 rings (SSSR count). The molecule has 1 heteroatoms. The number of nitrogens with one attached hydrogen (secondary N) is 1. The SMILES string of the molecule is Cc1ccc(C2CCc3ccccc3N2)c(C)c1. The number of hydrogen-bond acceptors (Lipinski definition) is 1. The number of benzene rings is 2. The van der Waals surface area contributed by atoms with Crippen molar-refractivity contribution >= 4 is 5.69 Å². The molecule has 0 spiro atoms. The molecule has 1 unspecified atom stereocenters. The fourth-order valence-electron chi connectivity index (χ4n) is 2.89. The molecule has 0 saturated carbocycles. The van der Waals surface area contributed by atoms with Crippen molar-refractivity contribution in [3.05, 3.63) is 64.7 Å². The van der Waals surface area contributed by atoms with Gasteiger partial charge >= 0.3 is 0 Å². The Balaban J connectivity index is 1.92. The molecule has 1 aliphatic heterocycles. The molecule has 1 nitrogen and oxygen atoms in total. The largest absolute Gasteiger partial charge is 0.378 e. The third-order valence-corrected chi connectivity index (χ3v) is 3.85. The molecule has 0 bridgehead atoms. The lowest BCUT2D eigenvalue weighted by Crippen LogP contribution is -2.18. The van der Waals surface area contributed by atoms with Gasteiger partial charge < -0.3 is 5.32 Å². The van der Waals surface area contributed by atoms with E-state index in [1.165, 1.54) is 40.8 Å².